The second-order valence-electron chi connectivity index (χ2n) is 6.69. The van der Waals surface area contributed by atoms with Gasteiger partial charge in [0.25, 0.3) is 0 Å². The van der Waals surface area contributed by atoms with Crippen LogP contribution in [0.25, 0.3) is 0 Å². The Bertz CT molecular complexity index is 255. The number of rotatable bonds is 2. The monoisotopic (exact) mass is 344 g/mol. The van der Waals surface area contributed by atoms with Crippen LogP contribution < -0.4 is 0 Å². The van der Waals surface area contributed by atoms with Gasteiger partial charge >= 0.3 is 0 Å². The minimum Gasteiger partial charge on any atom is -0.341 e. The predicted molar refractivity (Wildman–Crippen MR) is 80.2 cm³/mol. The number of thiol groups is 1. The number of likely N-dealkylation sites (tertiary alicyclic amines) is 1. The van der Waals surface area contributed by atoms with Gasteiger partial charge in [-0.05, 0) is 30.7 Å². The van der Waals surface area contributed by atoms with Crippen LogP contribution in [0.4, 0.5) is 0 Å². The van der Waals surface area contributed by atoms with E-state index in [4.69, 9.17) is 12.6 Å². The van der Waals surface area contributed by atoms with E-state index in [1.54, 1.807) is 0 Å². The van der Waals surface area contributed by atoms with Gasteiger partial charge in [-0.25, -0.2) is 0 Å². The van der Waals surface area contributed by atoms with Crippen molar-refractivity contribution in [3.05, 3.63) is 13.8 Å². The molecule has 4 atom stereocenters. The molecule has 0 bridgehead atoms. The van der Waals surface area contributed by atoms with Crippen LogP contribution >= 0.6 is 12.6 Å². The number of hydrogen-bond donors (Lipinski definition) is 1. The third-order valence-electron chi connectivity index (χ3n) is 4.22. The molecule has 4 unspecified atom stereocenters. The van der Waals surface area contributed by atoms with Gasteiger partial charge in [-0.15, -0.1) is 5.41 Å². The van der Waals surface area contributed by atoms with Gasteiger partial charge in [0.05, 0.1) is 0 Å². The van der Waals surface area contributed by atoms with E-state index in [0.717, 1.165) is 25.8 Å². The second-order valence-corrected chi connectivity index (χ2v) is 7.67. The van der Waals surface area contributed by atoms with Crippen LogP contribution in [0.1, 0.15) is 40.0 Å². The molecule has 18 heavy (non-hydrogen) atoms. The summed E-state index contributed by atoms with van der Waals surface area (Å²) in [6, 6.07) is 0. The summed E-state index contributed by atoms with van der Waals surface area (Å²) in [5, 5.41) is 0. The summed E-state index contributed by atoms with van der Waals surface area (Å²) in [4.78, 5) is 2.43. The van der Waals surface area contributed by atoms with E-state index in [1.165, 1.54) is 6.54 Å². The Labute approximate surface area is 145 Å². The summed E-state index contributed by atoms with van der Waals surface area (Å²) in [7, 11) is 2.21. The zero-order chi connectivity index (χ0) is 13.3. The third-order valence-corrected chi connectivity index (χ3v) is 4.88. The number of hydrogen-bond acceptors (Lipinski definition) is 2. The molecule has 1 saturated heterocycles. The minimum atomic E-state index is 0. The average Bonchev–Trinajstić information content (AvgIpc) is 2.11. The molecule has 0 aromatic carbocycles. The molecule has 1 heterocycles. The summed E-state index contributed by atoms with van der Waals surface area (Å²) in [6.45, 7) is 17.8. The van der Waals surface area contributed by atoms with Crippen molar-refractivity contribution in [2.24, 2.45) is 17.3 Å². The van der Waals surface area contributed by atoms with Gasteiger partial charge in [0.15, 0.2) is 0 Å². The molecule has 1 radical (unpaired) electrons. The average molecular weight is 344 g/mol. The first-order valence-corrected chi connectivity index (χ1v) is 7.20. The minimum absolute atomic E-state index is 0. The maximum atomic E-state index is 4.97. The summed E-state index contributed by atoms with van der Waals surface area (Å²) >= 11 is 4.97. The van der Waals surface area contributed by atoms with Crippen molar-refractivity contribution in [3.63, 3.8) is 0 Å². The van der Waals surface area contributed by atoms with Crippen LogP contribution in [0.2, 0.25) is 0 Å². The van der Waals surface area contributed by atoms with Gasteiger partial charge in [-0.3, -0.25) is 0 Å². The van der Waals surface area contributed by atoms with Crippen molar-refractivity contribution in [2.45, 2.75) is 44.8 Å². The van der Waals surface area contributed by atoms with E-state index in [1.807, 2.05) is 0 Å². The zero-order valence-corrected chi connectivity index (χ0v) is 16.3. The molecule has 0 saturated carbocycles. The van der Waals surface area contributed by atoms with Gasteiger partial charge in [0.1, 0.15) is 0 Å². The molecule has 0 aliphatic carbocycles. The fraction of sp³-hybridized carbons (Fsp3) is 0.867. The van der Waals surface area contributed by atoms with Crippen LogP contribution in [0.5, 0.6) is 0 Å². The van der Waals surface area contributed by atoms with Crippen LogP contribution in [-0.2, 0) is 32.7 Å². The van der Waals surface area contributed by atoms with Gasteiger partial charge in [0.2, 0.25) is 0 Å². The fourth-order valence-corrected chi connectivity index (χ4v) is 3.76. The van der Waals surface area contributed by atoms with Gasteiger partial charge in [-0.2, -0.15) is 18.5 Å². The van der Waals surface area contributed by atoms with E-state index in [9.17, 15) is 0 Å². The van der Waals surface area contributed by atoms with Crippen LogP contribution in [0.15, 0.2) is 0 Å². The molecule has 105 valence electrons. The summed E-state index contributed by atoms with van der Waals surface area (Å²) < 4.78 is 0.0135. The predicted octanol–water partition coefficient (Wildman–Crippen LogP) is 3.71. The fourth-order valence-electron chi connectivity index (χ4n) is 3.25. The topological polar surface area (TPSA) is 3.24 Å². The molecule has 1 fully saturated rings. The molecule has 0 aromatic rings. The molecule has 1 aliphatic rings. The molecule has 0 amide bonds. The molecule has 0 N–H and O–H groups in total. The van der Waals surface area contributed by atoms with Crippen molar-refractivity contribution in [1.82, 2.24) is 4.90 Å². The van der Waals surface area contributed by atoms with E-state index in [-0.39, 0.29) is 42.9 Å². The first kappa shape index (κ1) is 19.4. The van der Waals surface area contributed by atoms with E-state index >= 15 is 0 Å². The van der Waals surface area contributed by atoms with Gasteiger partial charge < -0.3 is 18.7 Å². The molecular formula is C15H29NSY-2. The largest absolute Gasteiger partial charge is 0.341 e. The summed E-state index contributed by atoms with van der Waals surface area (Å²) in [5.41, 5.74) is 0.0419. The SMILES string of the molecule is [CH2-]C(C)CC1([CH2-])CCN(C)CC(C)CC1(C)S.[Y]. The number of nitrogens with zero attached hydrogens (tertiary/aromatic N) is 1. The van der Waals surface area contributed by atoms with E-state index in [0.29, 0.717) is 11.8 Å². The molecule has 0 spiro atoms. The first-order chi connectivity index (χ1) is 7.66. The molecule has 0 aromatic heterocycles. The Morgan fingerprint density at radius 2 is 2.06 bits per heavy atom. The Morgan fingerprint density at radius 3 is 2.56 bits per heavy atom. The normalized spacial score (nSPS) is 40.5. The quantitative estimate of drug-likeness (QED) is 0.590. The molecule has 1 rings (SSSR count). The smallest absolute Gasteiger partial charge is 0.000444 e. The molecule has 3 heteroatoms. The third kappa shape index (κ3) is 5.07. The van der Waals surface area contributed by atoms with Gasteiger partial charge in [-0.1, -0.05) is 33.6 Å². The van der Waals surface area contributed by atoms with Crippen LogP contribution in [0, 0.1) is 31.1 Å². The van der Waals surface area contributed by atoms with Crippen molar-refractivity contribution < 1.29 is 32.7 Å². The Hall–Kier alpha value is 1.41. The second kappa shape index (κ2) is 7.43. The van der Waals surface area contributed by atoms with Crippen molar-refractivity contribution in [3.8, 4) is 0 Å². The van der Waals surface area contributed by atoms with E-state index < -0.39 is 0 Å². The molecule has 1 nitrogen and oxygen atoms in total. The van der Waals surface area contributed by atoms with Crippen molar-refractivity contribution >= 4 is 12.6 Å². The maximum absolute atomic E-state index is 4.97. The van der Waals surface area contributed by atoms with E-state index in [2.05, 4.69) is 46.6 Å². The molecule has 1 aliphatic heterocycles. The summed E-state index contributed by atoms with van der Waals surface area (Å²) in [5.74, 6) is 1.13. The Kier molecular flexibility index (Phi) is 8.01. The maximum Gasteiger partial charge on any atom is 0.000444 e. The zero-order valence-electron chi connectivity index (χ0n) is 12.6. The van der Waals surface area contributed by atoms with Crippen molar-refractivity contribution in [1.29, 1.82) is 0 Å². The standard InChI is InChI=1S/C15H29NS.Y/c1-12(2)9-14(4)7-8-16(6)11-13(3)10-15(14,5)17;/h12-13,17H,1,4,7-11H2,2-3,5-6H3;/q-2;. The van der Waals surface area contributed by atoms with Crippen molar-refractivity contribution in [2.75, 3.05) is 20.1 Å². The van der Waals surface area contributed by atoms with Crippen LogP contribution in [0.3, 0.4) is 0 Å². The Morgan fingerprint density at radius 1 is 1.50 bits per heavy atom. The molecular weight excluding hydrogens is 315 g/mol. The Balaban J connectivity index is 0.00000289. The van der Waals surface area contributed by atoms with Gasteiger partial charge in [0, 0.05) is 39.3 Å². The van der Waals surface area contributed by atoms with Crippen LogP contribution in [-0.4, -0.2) is 29.8 Å². The summed E-state index contributed by atoms with van der Waals surface area (Å²) in [6.07, 6.45) is 3.32. The first-order valence-electron chi connectivity index (χ1n) is 6.76.